The number of aromatic nitrogens is 1. The summed E-state index contributed by atoms with van der Waals surface area (Å²) < 4.78 is 10.5. The summed E-state index contributed by atoms with van der Waals surface area (Å²) in [5.74, 6) is 0.151. The average molecular weight is 385 g/mol. The molecule has 0 aliphatic carbocycles. The first-order valence-corrected chi connectivity index (χ1v) is 8.77. The molecule has 1 aliphatic heterocycles. The van der Waals surface area contributed by atoms with Gasteiger partial charge in [-0.2, -0.15) is 0 Å². The van der Waals surface area contributed by atoms with E-state index in [0.29, 0.717) is 28.3 Å². The van der Waals surface area contributed by atoms with Crippen molar-refractivity contribution in [3.05, 3.63) is 46.8 Å². The molecule has 28 heavy (non-hydrogen) atoms. The van der Waals surface area contributed by atoms with Gasteiger partial charge in [0.25, 0.3) is 5.91 Å². The Balaban J connectivity index is 1.88. The molecule has 8 nitrogen and oxygen atoms in total. The van der Waals surface area contributed by atoms with Crippen LogP contribution in [0.2, 0.25) is 0 Å². The molecule has 1 saturated heterocycles. The molecule has 2 N–H and O–H groups in total. The lowest BCUT2D eigenvalue weighted by Crippen LogP contribution is -2.41. The van der Waals surface area contributed by atoms with Gasteiger partial charge in [0.15, 0.2) is 17.3 Å². The second-order valence-corrected chi connectivity index (χ2v) is 6.93. The van der Waals surface area contributed by atoms with Gasteiger partial charge in [-0.05, 0) is 44.5 Å². The van der Waals surface area contributed by atoms with Crippen LogP contribution in [-0.2, 0) is 10.3 Å². The fourth-order valence-electron chi connectivity index (χ4n) is 3.43. The Morgan fingerprint density at radius 1 is 1.11 bits per heavy atom. The van der Waals surface area contributed by atoms with Crippen LogP contribution in [0.3, 0.4) is 0 Å². The van der Waals surface area contributed by atoms with Crippen molar-refractivity contribution in [1.82, 2.24) is 15.2 Å². The van der Waals surface area contributed by atoms with Gasteiger partial charge in [-0.1, -0.05) is 6.07 Å². The third-order valence-corrected chi connectivity index (χ3v) is 4.99. The monoisotopic (exact) mass is 385 g/mol. The lowest BCUT2D eigenvalue weighted by atomic mass is 9.91. The first kappa shape index (κ1) is 19.5. The van der Waals surface area contributed by atoms with Crippen molar-refractivity contribution in [2.75, 3.05) is 20.8 Å². The quantitative estimate of drug-likeness (QED) is 0.587. The van der Waals surface area contributed by atoms with E-state index in [2.05, 4.69) is 10.3 Å². The minimum absolute atomic E-state index is 0.304. The standard InChI is InChI=1S/C20H23N3O5/c1-11-8-14(12(2)21-11)15(24)10-23-18(25)20(3,22-19(23)26)13-6-7-16(27-4)17(9-13)28-5/h6-9,21H,10H2,1-5H3,(H,22,26). The predicted octanol–water partition coefficient (Wildman–Crippen LogP) is 2.30. The third kappa shape index (κ3) is 3.11. The van der Waals surface area contributed by atoms with E-state index in [9.17, 15) is 14.4 Å². The zero-order chi connectivity index (χ0) is 20.6. The van der Waals surface area contributed by atoms with Gasteiger partial charge in [0.2, 0.25) is 0 Å². The van der Waals surface area contributed by atoms with Gasteiger partial charge < -0.3 is 19.8 Å². The van der Waals surface area contributed by atoms with Gasteiger partial charge in [-0.15, -0.1) is 0 Å². The number of aromatic amines is 1. The number of urea groups is 1. The van der Waals surface area contributed by atoms with Gasteiger partial charge in [-0.25, -0.2) is 4.79 Å². The van der Waals surface area contributed by atoms with Crippen LogP contribution < -0.4 is 14.8 Å². The largest absolute Gasteiger partial charge is 0.493 e. The van der Waals surface area contributed by atoms with E-state index < -0.39 is 17.5 Å². The Kier molecular flexibility index (Phi) is 4.89. The van der Waals surface area contributed by atoms with E-state index in [1.165, 1.54) is 14.2 Å². The van der Waals surface area contributed by atoms with E-state index in [0.717, 1.165) is 10.6 Å². The maximum Gasteiger partial charge on any atom is 0.325 e. The van der Waals surface area contributed by atoms with E-state index in [1.807, 2.05) is 6.92 Å². The Morgan fingerprint density at radius 2 is 1.79 bits per heavy atom. The summed E-state index contributed by atoms with van der Waals surface area (Å²) in [6.45, 7) is 4.89. The molecule has 0 radical (unpaired) electrons. The van der Waals surface area contributed by atoms with Crippen LogP contribution >= 0.6 is 0 Å². The highest BCUT2D eigenvalue weighted by atomic mass is 16.5. The second-order valence-electron chi connectivity index (χ2n) is 6.93. The van der Waals surface area contributed by atoms with Crippen LogP contribution in [0.4, 0.5) is 4.79 Å². The number of imide groups is 1. The van der Waals surface area contributed by atoms with Crippen molar-refractivity contribution < 1.29 is 23.9 Å². The summed E-state index contributed by atoms with van der Waals surface area (Å²) in [6.07, 6.45) is 0. The molecule has 3 rings (SSSR count). The summed E-state index contributed by atoms with van der Waals surface area (Å²) in [5, 5.41) is 2.69. The number of nitrogens with one attached hydrogen (secondary N) is 2. The van der Waals surface area contributed by atoms with Gasteiger partial charge in [0, 0.05) is 17.0 Å². The number of amides is 3. The van der Waals surface area contributed by atoms with Crippen molar-refractivity contribution in [3.8, 4) is 11.5 Å². The molecule has 1 aliphatic rings. The highest BCUT2D eigenvalue weighted by Gasteiger charge is 2.49. The Labute approximate surface area is 162 Å². The van der Waals surface area contributed by atoms with Crippen LogP contribution in [0.15, 0.2) is 24.3 Å². The summed E-state index contributed by atoms with van der Waals surface area (Å²) >= 11 is 0. The van der Waals surface area contributed by atoms with Crippen LogP contribution in [-0.4, -0.2) is 48.4 Å². The first-order chi connectivity index (χ1) is 13.2. The minimum atomic E-state index is -1.31. The first-order valence-electron chi connectivity index (χ1n) is 8.77. The number of aryl methyl sites for hydroxylation is 2. The van der Waals surface area contributed by atoms with Crippen molar-refractivity contribution in [2.45, 2.75) is 26.3 Å². The Bertz CT molecular complexity index is 965. The molecule has 1 fully saturated rings. The number of rotatable bonds is 6. The number of carbonyl (C=O) groups excluding carboxylic acids is 3. The van der Waals surface area contributed by atoms with E-state index >= 15 is 0 Å². The fourth-order valence-corrected chi connectivity index (χ4v) is 3.43. The number of Topliss-reactive ketones (excluding diaryl/α,β-unsaturated/α-hetero) is 1. The molecule has 3 amide bonds. The number of ketones is 1. The number of ether oxygens (including phenoxy) is 2. The highest BCUT2D eigenvalue weighted by molar-refractivity contribution is 6.11. The Morgan fingerprint density at radius 3 is 2.36 bits per heavy atom. The maximum atomic E-state index is 13.1. The second kappa shape index (κ2) is 7.03. The predicted molar refractivity (Wildman–Crippen MR) is 102 cm³/mol. The van der Waals surface area contributed by atoms with Crippen LogP contribution in [0.25, 0.3) is 0 Å². The van der Waals surface area contributed by atoms with Gasteiger partial charge in [0.05, 0.1) is 20.8 Å². The van der Waals surface area contributed by atoms with E-state index in [1.54, 1.807) is 38.1 Å². The van der Waals surface area contributed by atoms with Gasteiger partial charge in [0.1, 0.15) is 5.54 Å². The van der Waals surface area contributed by atoms with Crippen molar-refractivity contribution in [1.29, 1.82) is 0 Å². The molecule has 148 valence electrons. The molecule has 1 unspecified atom stereocenters. The van der Waals surface area contributed by atoms with E-state index in [-0.39, 0.29) is 12.3 Å². The number of H-pyrrole nitrogens is 1. The minimum Gasteiger partial charge on any atom is -0.493 e. The van der Waals surface area contributed by atoms with Gasteiger partial charge >= 0.3 is 6.03 Å². The number of nitrogens with zero attached hydrogens (tertiary/aromatic N) is 1. The number of carbonyl (C=O) groups is 3. The lowest BCUT2D eigenvalue weighted by molar-refractivity contribution is -0.130. The summed E-state index contributed by atoms with van der Waals surface area (Å²) in [4.78, 5) is 42.2. The van der Waals surface area contributed by atoms with Crippen LogP contribution in [0, 0.1) is 13.8 Å². The molecule has 2 heterocycles. The molecule has 0 saturated carbocycles. The molecular weight excluding hydrogens is 362 g/mol. The molecule has 1 aromatic carbocycles. The van der Waals surface area contributed by atoms with Crippen LogP contribution in [0.1, 0.15) is 34.2 Å². The third-order valence-electron chi connectivity index (χ3n) is 4.99. The number of hydrogen-bond donors (Lipinski definition) is 2. The van der Waals surface area contributed by atoms with Crippen molar-refractivity contribution >= 4 is 17.7 Å². The molecule has 0 bridgehead atoms. The number of methoxy groups -OCH3 is 2. The SMILES string of the molecule is COc1ccc(C2(C)NC(=O)N(CC(=O)c3cc(C)[nH]c3C)C2=O)cc1OC. The van der Waals surface area contributed by atoms with E-state index in [4.69, 9.17) is 9.47 Å². The fraction of sp³-hybridized carbons (Fsp3) is 0.350. The molecule has 0 spiro atoms. The van der Waals surface area contributed by atoms with Crippen molar-refractivity contribution in [3.63, 3.8) is 0 Å². The molecule has 8 heteroatoms. The molecule has 1 atom stereocenters. The maximum absolute atomic E-state index is 13.1. The number of benzene rings is 1. The lowest BCUT2D eigenvalue weighted by Gasteiger charge is -2.23. The average Bonchev–Trinajstić information content (AvgIpc) is 3.12. The Hall–Kier alpha value is -3.29. The summed E-state index contributed by atoms with van der Waals surface area (Å²) in [7, 11) is 3.00. The van der Waals surface area contributed by atoms with Gasteiger partial charge in [-0.3, -0.25) is 14.5 Å². The topological polar surface area (TPSA) is 101 Å². The normalized spacial score (nSPS) is 19.0. The zero-order valence-corrected chi connectivity index (χ0v) is 16.5. The van der Waals surface area contributed by atoms with Crippen molar-refractivity contribution in [2.24, 2.45) is 0 Å². The summed E-state index contributed by atoms with van der Waals surface area (Å²) in [5.41, 5.74) is 1.25. The molecule has 1 aromatic heterocycles. The smallest absolute Gasteiger partial charge is 0.325 e. The highest BCUT2D eigenvalue weighted by Crippen LogP contribution is 2.35. The molecular formula is C20H23N3O5. The summed E-state index contributed by atoms with van der Waals surface area (Å²) in [6, 6.07) is 6.09. The number of hydrogen-bond acceptors (Lipinski definition) is 5. The zero-order valence-electron chi connectivity index (χ0n) is 16.5. The van der Waals surface area contributed by atoms with Crippen LogP contribution in [0.5, 0.6) is 11.5 Å². The molecule has 2 aromatic rings.